The maximum absolute atomic E-state index is 4.57. The van der Waals surface area contributed by atoms with Crippen LogP contribution < -0.4 is 37.2 Å². The van der Waals surface area contributed by atoms with E-state index in [1.54, 1.807) is 12.4 Å². The monoisotopic (exact) mass is 460 g/mol. The summed E-state index contributed by atoms with van der Waals surface area (Å²) in [5, 5.41) is 0. The minimum absolute atomic E-state index is 0. The molecule has 3 nitrogen and oxygen atoms in total. The number of hydrogen-bond donors (Lipinski definition) is 0. The number of aliphatic imine (C=N–C) groups is 2. The molecular formula is C20H17Cl3FeN3. The average Bonchev–Trinajstić information content (AvgIpc) is 2.60. The van der Waals surface area contributed by atoms with Crippen LogP contribution in [0, 0.1) is 6.92 Å². The molecule has 1 heterocycles. The number of pyridine rings is 1. The van der Waals surface area contributed by atoms with E-state index < -0.39 is 0 Å². The Labute approximate surface area is 189 Å². The maximum atomic E-state index is 4.57. The summed E-state index contributed by atoms with van der Waals surface area (Å²) in [4.78, 5) is 13.5. The number of hydrogen-bond acceptors (Lipinski definition) is 3. The molecule has 0 fully saturated rings. The van der Waals surface area contributed by atoms with E-state index in [-0.39, 0.29) is 54.3 Å². The van der Waals surface area contributed by atoms with Crippen LogP contribution in [-0.4, -0.2) is 17.4 Å². The Morgan fingerprint density at radius 2 is 1.04 bits per heavy atom. The third-order valence-corrected chi connectivity index (χ3v) is 3.21. The second kappa shape index (κ2) is 14.4. The van der Waals surface area contributed by atoms with Crippen molar-refractivity contribution in [3.05, 3.63) is 89.7 Å². The van der Waals surface area contributed by atoms with Gasteiger partial charge in [-0.25, -0.2) is 4.98 Å². The van der Waals surface area contributed by atoms with Crippen molar-refractivity contribution in [2.45, 2.75) is 6.92 Å². The Balaban J connectivity index is 0. The standard InChI is InChI=1S/C20H17N3.3ClH.Fe/c1-16-12-19(14-21-17-8-4-2-5-9-17)23-20(13-16)15-22-18-10-6-3-7-11-18;;;;/h2-15H,1H3;3*1H;/q;;;;+3/p-3. The van der Waals surface area contributed by atoms with Gasteiger partial charge in [0.25, 0.3) is 0 Å². The Hall–Kier alpha value is -1.68. The molecular weight excluding hydrogens is 444 g/mol. The van der Waals surface area contributed by atoms with Crippen molar-refractivity contribution in [3.8, 4) is 0 Å². The molecule has 0 aliphatic rings. The van der Waals surface area contributed by atoms with E-state index in [1.165, 1.54) is 0 Å². The molecule has 3 aromatic rings. The van der Waals surface area contributed by atoms with Crippen molar-refractivity contribution >= 4 is 23.8 Å². The molecule has 0 amide bonds. The van der Waals surface area contributed by atoms with E-state index in [0.717, 1.165) is 28.3 Å². The summed E-state index contributed by atoms with van der Waals surface area (Å²) in [5.41, 5.74) is 4.60. The summed E-state index contributed by atoms with van der Waals surface area (Å²) in [6.07, 6.45) is 3.56. The summed E-state index contributed by atoms with van der Waals surface area (Å²) in [5.74, 6) is 0. The topological polar surface area (TPSA) is 37.6 Å². The van der Waals surface area contributed by atoms with Gasteiger partial charge in [0.15, 0.2) is 0 Å². The first-order valence-corrected chi connectivity index (χ1v) is 7.46. The number of benzene rings is 2. The summed E-state index contributed by atoms with van der Waals surface area (Å²) < 4.78 is 0. The number of para-hydroxylation sites is 2. The predicted octanol–water partition coefficient (Wildman–Crippen LogP) is -4.10. The van der Waals surface area contributed by atoms with Crippen molar-refractivity contribution in [2.75, 3.05) is 0 Å². The Bertz CT molecular complexity index is 774. The van der Waals surface area contributed by atoms with Crippen molar-refractivity contribution in [1.82, 2.24) is 4.98 Å². The second-order valence-corrected chi connectivity index (χ2v) is 5.18. The molecule has 1 radical (unpaired) electrons. The predicted molar refractivity (Wildman–Crippen MR) is 96.4 cm³/mol. The van der Waals surface area contributed by atoms with Crippen LogP contribution in [0.4, 0.5) is 11.4 Å². The third kappa shape index (κ3) is 9.18. The van der Waals surface area contributed by atoms with E-state index >= 15 is 0 Å². The van der Waals surface area contributed by atoms with E-state index in [0.29, 0.717) is 0 Å². The smallest absolute Gasteiger partial charge is 1.00 e. The zero-order chi connectivity index (χ0) is 15.9. The molecule has 0 aliphatic heterocycles. The van der Waals surface area contributed by atoms with Gasteiger partial charge in [-0.05, 0) is 48.9 Å². The molecule has 3 rings (SSSR count). The summed E-state index contributed by atoms with van der Waals surface area (Å²) in [6.45, 7) is 2.04. The molecule has 0 spiro atoms. The first-order valence-electron chi connectivity index (χ1n) is 7.46. The summed E-state index contributed by atoms with van der Waals surface area (Å²) >= 11 is 0. The fraction of sp³-hybridized carbons (Fsp3) is 0.0500. The van der Waals surface area contributed by atoms with Crippen molar-refractivity contribution < 1.29 is 54.3 Å². The number of nitrogens with zero attached hydrogens (tertiary/aromatic N) is 3. The number of aryl methyl sites for hydroxylation is 1. The van der Waals surface area contributed by atoms with Gasteiger partial charge < -0.3 is 37.2 Å². The normalized spacial score (nSPS) is 9.67. The minimum atomic E-state index is 0. The Kier molecular flexibility index (Phi) is 14.7. The molecule has 0 unspecified atom stereocenters. The van der Waals surface area contributed by atoms with Gasteiger partial charge in [0, 0.05) is 0 Å². The quantitative estimate of drug-likeness (QED) is 0.288. The van der Waals surface area contributed by atoms with Crippen molar-refractivity contribution in [2.24, 2.45) is 9.98 Å². The van der Waals surface area contributed by atoms with Crippen LogP contribution in [0.25, 0.3) is 0 Å². The molecule has 2 aromatic carbocycles. The van der Waals surface area contributed by atoms with Crippen LogP contribution in [0.5, 0.6) is 0 Å². The molecule has 7 heteroatoms. The van der Waals surface area contributed by atoms with E-state index in [4.69, 9.17) is 0 Å². The van der Waals surface area contributed by atoms with Crippen LogP contribution in [0.3, 0.4) is 0 Å². The second-order valence-electron chi connectivity index (χ2n) is 5.18. The van der Waals surface area contributed by atoms with Crippen molar-refractivity contribution in [3.63, 3.8) is 0 Å². The zero-order valence-corrected chi connectivity index (χ0v) is 17.8. The van der Waals surface area contributed by atoms with Gasteiger partial charge >= 0.3 is 17.1 Å². The van der Waals surface area contributed by atoms with Gasteiger partial charge in [-0.15, -0.1) is 0 Å². The minimum Gasteiger partial charge on any atom is -1.00 e. The van der Waals surface area contributed by atoms with Gasteiger partial charge in [0.2, 0.25) is 0 Å². The molecule has 0 atom stereocenters. The molecule has 0 saturated carbocycles. The first kappa shape index (κ1) is 27.5. The van der Waals surface area contributed by atoms with Gasteiger partial charge in [-0.3, -0.25) is 9.98 Å². The Morgan fingerprint density at radius 1 is 0.667 bits per heavy atom. The first-order chi connectivity index (χ1) is 11.3. The van der Waals surface area contributed by atoms with Gasteiger partial charge in [-0.2, -0.15) is 0 Å². The zero-order valence-electron chi connectivity index (χ0n) is 14.4. The van der Waals surface area contributed by atoms with Crippen LogP contribution in [0.1, 0.15) is 17.0 Å². The van der Waals surface area contributed by atoms with Gasteiger partial charge in [0.1, 0.15) is 0 Å². The molecule has 0 bridgehead atoms. The van der Waals surface area contributed by atoms with E-state index in [2.05, 4.69) is 15.0 Å². The van der Waals surface area contributed by atoms with E-state index in [1.807, 2.05) is 79.7 Å². The maximum Gasteiger partial charge on any atom is 3.00 e. The summed E-state index contributed by atoms with van der Waals surface area (Å²) in [6, 6.07) is 23.7. The molecule has 141 valence electrons. The molecule has 0 saturated heterocycles. The number of rotatable bonds is 4. The SMILES string of the molecule is Cc1cc(C=Nc2ccccc2)nc(C=Nc2ccccc2)c1.[Cl-].[Cl-].[Cl-].[Fe+3]. The van der Waals surface area contributed by atoms with Gasteiger partial charge in [-0.1, -0.05) is 36.4 Å². The summed E-state index contributed by atoms with van der Waals surface area (Å²) in [7, 11) is 0. The molecule has 0 N–H and O–H groups in total. The molecule has 0 aliphatic carbocycles. The largest absolute Gasteiger partial charge is 3.00 e. The third-order valence-electron chi connectivity index (χ3n) is 3.21. The Morgan fingerprint density at radius 3 is 1.41 bits per heavy atom. The average molecular weight is 462 g/mol. The van der Waals surface area contributed by atoms with Crippen LogP contribution in [0.2, 0.25) is 0 Å². The van der Waals surface area contributed by atoms with E-state index in [9.17, 15) is 0 Å². The molecule has 27 heavy (non-hydrogen) atoms. The fourth-order valence-corrected chi connectivity index (χ4v) is 2.16. The number of aromatic nitrogens is 1. The fourth-order valence-electron chi connectivity index (χ4n) is 2.16. The van der Waals surface area contributed by atoms with Gasteiger partial charge in [0.05, 0.1) is 35.2 Å². The van der Waals surface area contributed by atoms with Crippen molar-refractivity contribution in [1.29, 1.82) is 0 Å². The molecule has 1 aromatic heterocycles. The van der Waals surface area contributed by atoms with Crippen LogP contribution >= 0.6 is 0 Å². The van der Waals surface area contributed by atoms with Crippen LogP contribution in [0.15, 0.2) is 82.8 Å². The number of halogens is 3. The van der Waals surface area contributed by atoms with Crippen LogP contribution in [-0.2, 0) is 17.1 Å².